The number of rotatable bonds is 6. The zero-order valence-electron chi connectivity index (χ0n) is 16.3. The van der Waals surface area contributed by atoms with E-state index < -0.39 is 0 Å². The van der Waals surface area contributed by atoms with Gasteiger partial charge in [0.1, 0.15) is 0 Å². The summed E-state index contributed by atoms with van der Waals surface area (Å²) >= 11 is 4.53. The monoisotopic (exact) mass is 369 g/mol. The number of thiol groups is 1. The van der Waals surface area contributed by atoms with E-state index in [2.05, 4.69) is 86.0 Å². The number of aromatic nitrogens is 1. The van der Waals surface area contributed by atoms with Crippen LogP contribution in [0.5, 0.6) is 0 Å². The van der Waals surface area contributed by atoms with E-state index in [-0.39, 0.29) is 5.41 Å². The van der Waals surface area contributed by atoms with Crippen molar-refractivity contribution in [3.8, 4) is 0 Å². The molecule has 4 heteroatoms. The van der Waals surface area contributed by atoms with Crippen molar-refractivity contribution in [1.82, 2.24) is 15.2 Å². The van der Waals surface area contributed by atoms with Crippen LogP contribution in [-0.2, 0) is 0 Å². The summed E-state index contributed by atoms with van der Waals surface area (Å²) in [5.74, 6) is 0.670. The Morgan fingerprint density at radius 3 is 2.88 bits per heavy atom. The van der Waals surface area contributed by atoms with Gasteiger partial charge in [-0.2, -0.15) is 0 Å². The number of nitrogens with one attached hydrogen (secondary N) is 2. The molecule has 1 fully saturated rings. The number of benzene rings is 1. The zero-order valence-corrected chi connectivity index (χ0v) is 17.2. The molecule has 4 rings (SSSR count). The fourth-order valence-electron chi connectivity index (χ4n) is 5.40. The first-order valence-corrected chi connectivity index (χ1v) is 10.3. The van der Waals surface area contributed by atoms with E-state index in [1.54, 1.807) is 5.57 Å². The van der Waals surface area contributed by atoms with Crippen molar-refractivity contribution in [2.24, 2.45) is 11.3 Å². The molecule has 2 aromatic rings. The van der Waals surface area contributed by atoms with E-state index in [9.17, 15) is 0 Å². The summed E-state index contributed by atoms with van der Waals surface area (Å²) in [6, 6.07) is 7.59. The van der Waals surface area contributed by atoms with Gasteiger partial charge in [0.25, 0.3) is 0 Å². The highest BCUT2D eigenvalue weighted by Crippen LogP contribution is 2.59. The minimum Gasteiger partial charge on any atom is -0.344 e. The standard InChI is InChI=1S/C22H31N3S/c1-5-23-13-24-20-11-22(10-17(20)8-15(22)3)16(4)25-12-14(2)19-9-18(26)6-7-21(19)25/h6-9,12,16-17,20,23-24,26H,5,10-11,13H2,1-4H3/t16?,17?,20?,22-/m0/s1. The molecule has 2 aliphatic rings. The predicted octanol–water partition coefficient (Wildman–Crippen LogP) is 4.68. The van der Waals surface area contributed by atoms with Crippen LogP contribution in [0.4, 0.5) is 0 Å². The molecule has 3 unspecified atom stereocenters. The van der Waals surface area contributed by atoms with Gasteiger partial charge in [0.2, 0.25) is 0 Å². The van der Waals surface area contributed by atoms with Gasteiger partial charge in [0.05, 0.1) is 0 Å². The van der Waals surface area contributed by atoms with Gasteiger partial charge in [-0.3, -0.25) is 0 Å². The molecule has 4 atom stereocenters. The van der Waals surface area contributed by atoms with Crippen LogP contribution in [0.25, 0.3) is 10.9 Å². The van der Waals surface area contributed by atoms with Crippen LogP contribution < -0.4 is 10.6 Å². The van der Waals surface area contributed by atoms with E-state index >= 15 is 0 Å². The number of aryl methyl sites for hydroxylation is 1. The quantitative estimate of drug-likeness (QED) is 0.299. The van der Waals surface area contributed by atoms with Crippen LogP contribution in [0.3, 0.4) is 0 Å². The average Bonchev–Trinajstić information content (AvgIpc) is 3.25. The predicted molar refractivity (Wildman–Crippen MR) is 113 cm³/mol. The maximum Gasteiger partial charge on any atom is 0.0486 e. The maximum absolute atomic E-state index is 4.53. The molecule has 2 N–H and O–H groups in total. The van der Waals surface area contributed by atoms with Crippen molar-refractivity contribution in [1.29, 1.82) is 0 Å². The lowest BCUT2D eigenvalue weighted by molar-refractivity contribution is 0.239. The molecular formula is C22H31N3S. The van der Waals surface area contributed by atoms with Crippen LogP contribution >= 0.6 is 12.6 Å². The molecule has 1 heterocycles. The lowest BCUT2D eigenvalue weighted by atomic mass is 9.74. The first-order valence-electron chi connectivity index (χ1n) is 9.89. The van der Waals surface area contributed by atoms with Gasteiger partial charge >= 0.3 is 0 Å². The highest BCUT2D eigenvalue weighted by atomic mass is 32.1. The first kappa shape index (κ1) is 18.1. The van der Waals surface area contributed by atoms with Gasteiger partial charge in [-0.1, -0.05) is 18.6 Å². The highest BCUT2D eigenvalue weighted by Gasteiger charge is 2.53. The summed E-state index contributed by atoms with van der Waals surface area (Å²) < 4.78 is 2.52. The Hall–Kier alpha value is -1.23. The van der Waals surface area contributed by atoms with E-state index in [4.69, 9.17) is 0 Å². The van der Waals surface area contributed by atoms with Crippen LogP contribution in [0.1, 0.15) is 45.2 Å². The Morgan fingerprint density at radius 2 is 2.12 bits per heavy atom. The van der Waals surface area contributed by atoms with Gasteiger partial charge in [-0.15, -0.1) is 12.6 Å². The van der Waals surface area contributed by atoms with Crippen molar-refractivity contribution in [3.05, 3.63) is 41.6 Å². The van der Waals surface area contributed by atoms with Crippen molar-refractivity contribution in [2.75, 3.05) is 13.2 Å². The van der Waals surface area contributed by atoms with E-state index in [0.29, 0.717) is 18.0 Å². The lowest BCUT2D eigenvalue weighted by Crippen LogP contribution is -2.41. The molecule has 1 aromatic carbocycles. The van der Waals surface area contributed by atoms with Crippen molar-refractivity contribution in [3.63, 3.8) is 0 Å². The van der Waals surface area contributed by atoms with Crippen molar-refractivity contribution >= 4 is 23.5 Å². The molecule has 0 amide bonds. The third-order valence-corrected chi connectivity index (χ3v) is 7.20. The normalized spacial score (nSPS) is 28.7. The Balaban J connectivity index is 1.66. The second kappa shape index (κ2) is 6.74. The summed E-state index contributed by atoms with van der Waals surface area (Å²) in [4.78, 5) is 1.04. The Labute approximate surface area is 162 Å². The molecule has 2 aliphatic carbocycles. The van der Waals surface area contributed by atoms with Crippen LogP contribution in [-0.4, -0.2) is 23.8 Å². The minimum absolute atomic E-state index is 0.270. The Bertz CT molecular complexity index is 852. The molecule has 3 nitrogen and oxygen atoms in total. The molecule has 140 valence electrons. The molecule has 2 bridgehead atoms. The highest BCUT2D eigenvalue weighted by molar-refractivity contribution is 7.80. The summed E-state index contributed by atoms with van der Waals surface area (Å²) in [5, 5.41) is 8.48. The van der Waals surface area contributed by atoms with E-state index in [0.717, 1.165) is 18.1 Å². The maximum atomic E-state index is 4.53. The molecule has 0 radical (unpaired) electrons. The molecule has 1 saturated carbocycles. The third-order valence-electron chi connectivity index (χ3n) is 6.92. The first-order chi connectivity index (χ1) is 12.5. The second-order valence-corrected chi connectivity index (χ2v) is 8.78. The van der Waals surface area contributed by atoms with Gasteiger partial charge < -0.3 is 15.2 Å². The van der Waals surface area contributed by atoms with Gasteiger partial charge in [0, 0.05) is 46.2 Å². The fraction of sp³-hybridized carbons (Fsp3) is 0.545. The SMILES string of the molecule is CCNCNC1C[C@@]2(C(C)n3cc(C)c4cc(S)ccc43)CC1C=C2C. The molecule has 0 saturated heterocycles. The lowest BCUT2D eigenvalue weighted by Gasteiger charge is -2.38. The third kappa shape index (κ3) is 2.74. The fourth-order valence-corrected chi connectivity index (χ4v) is 5.60. The van der Waals surface area contributed by atoms with E-state index in [1.165, 1.54) is 29.3 Å². The Kier molecular flexibility index (Phi) is 4.70. The number of hydrogen-bond donors (Lipinski definition) is 3. The van der Waals surface area contributed by atoms with E-state index in [1.807, 2.05) is 0 Å². The van der Waals surface area contributed by atoms with Gasteiger partial charge in [-0.25, -0.2) is 0 Å². The molecule has 0 spiro atoms. The summed E-state index contributed by atoms with van der Waals surface area (Å²) in [6.45, 7) is 11.1. The van der Waals surface area contributed by atoms with Crippen molar-refractivity contribution < 1.29 is 0 Å². The van der Waals surface area contributed by atoms with Crippen LogP contribution in [0, 0.1) is 18.3 Å². The number of hydrogen-bond acceptors (Lipinski definition) is 3. The summed E-state index contributed by atoms with van der Waals surface area (Å²) in [6.07, 6.45) is 7.38. The molecular weight excluding hydrogens is 338 g/mol. The molecule has 0 aliphatic heterocycles. The Morgan fingerprint density at radius 1 is 1.31 bits per heavy atom. The minimum atomic E-state index is 0.270. The number of nitrogens with zero attached hydrogens (tertiary/aromatic N) is 1. The summed E-state index contributed by atoms with van der Waals surface area (Å²) in [5.41, 5.74) is 4.53. The van der Waals surface area contributed by atoms with Crippen molar-refractivity contribution in [2.45, 2.75) is 57.5 Å². The number of allylic oxidation sites excluding steroid dienone is 1. The average molecular weight is 370 g/mol. The van der Waals surface area contributed by atoms with Gasteiger partial charge in [0.15, 0.2) is 0 Å². The topological polar surface area (TPSA) is 29.0 Å². The van der Waals surface area contributed by atoms with Gasteiger partial charge in [-0.05, 0) is 69.8 Å². The van der Waals surface area contributed by atoms with Crippen LogP contribution in [0.15, 0.2) is 40.9 Å². The second-order valence-electron chi connectivity index (χ2n) is 8.27. The molecule has 26 heavy (non-hydrogen) atoms. The van der Waals surface area contributed by atoms with Crippen LogP contribution in [0.2, 0.25) is 0 Å². The molecule has 1 aromatic heterocycles. The largest absolute Gasteiger partial charge is 0.344 e. The smallest absolute Gasteiger partial charge is 0.0486 e. The zero-order chi connectivity index (χ0) is 18.5. The number of fused-ring (bicyclic) bond motifs is 3. The summed E-state index contributed by atoms with van der Waals surface area (Å²) in [7, 11) is 0.